The van der Waals surface area contributed by atoms with Gasteiger partial charge in [-0.3, -0.25) is 4.18 Å². The van der Waals surface area contributed by atoms with Gasteiger partial charge in [0, 0.05) is 4.91 Å². The number of azide groups is 1. The summed E-state index contributed by atoms with van der Waals surface area (Å²) in [6.07, 6.45) is 2.09. The highest BCUT2D eigenvalue weighted by Gasteiger charge is 2.20. The number of hydrogen-bond donors (Lipinski definition) is 0. The molecule has 0 aliphatic rings. The van der Waals surface area contributed by atoms with Crippen molar-refractivity contribution in [1.29, 1.82) is 0 Å². The monoisotopic (exact) mass is 297 g/mol. The highest BCUT2D eigenvalue weighted by molar-refractivity contribution is 7.86. The van der Waals surface area contributed by atoms with E-state index in [0.717, 1.165) is 24.8 Å². The molecule has 0 saturated heterocycles. The molecule has 1 atom stereocenters. The minimum atomic E-state index is -3.90. The number of benzene rings is 1. The molecule has 7 heteroatoms. The third-order valence-corrected chi connectivity index (χ3v) is 4.11. The zero-order valence-corrected chi connectivity index (χ0v) is 12.5. The lowest BCUT2D eigenvalue weighted by Crippen LogP contribution is -2.16. The minimum Gasteiger partial charge on any atom is -0.257 e. The van der Waals surface area contributed by atoms with Gasteiger partial charge in [-0.25, -0.2) is 0 Å². The van der Waals surface area contributed by atoms with Gasteiger partial charge in [0.25, 0.3) is 10.1 Å². The van der Waals surface area contributed by atoms with E-state index in [9.17, 15) is 8.42 Å². The predicted octanol–water partition coefficient (Wildman–Crippen LogP) is 3.92. The Balaban J connectivity index is 2.80. The average Bonchev–Trinajstić information content (AvgIpc) is 2.39. The Morgan fingerprint density at radius 3 is 2.50 bits per heavy atom. The lowest BCUT2D eigenvalue weighted by Gasteiger charge is -2.12. The molecule has 110 valence electrons. The smallest absolute Gasteiger partial charge is 0.257 e. The van der Waals surface area contributed by atoms with Crippen LogP contribution in [0.3, 0.4) is 0 Å². The van der Waals surface area contributed by atoms with Crippen LogP contribution in [0.15, 0.2) is 34.3 Å². The topological polar surface area (TPSA) is 92.1 Å². The van der Waals surface area contributed by atoms with Crippen molar-refractivity contribution < 1.29 is 12.6 Å². The number of unbranched alkanes of at least 4 members (excludes halogenated alkanes) is 2. The van der Waals surface area contributed by atoms with Crippen LogP contribution in [0.25, 0.3) is 10.4 Å². The first-order valence-electron chi connectivity index (χ1n) is 6.53. The lowest BCUT2D eigenvalue weighted by molar-refractivity contribution is 0.202. The predicted molar refractivity (Wildman–Crippen MR) is 76.5 cm³/mol. The van der Waals surface area contributed by atoms with Crippen molar-refractivity contribution in [1.82, 2.24) is 0 Å². The number of rotatable bonds is 8. The summed E-state index contributed by atoms with van der Waals surface area (Å²) in [5, 5.41) is 3.40. The first kappa shape index (κ1) is 16.5. The number of hydrogen-bond acceptors (Lipinski definition) is 4. The van der Waals surface area contributed by atoms with Crippen LogP contribution < -0.4 is 0 Å². The number of nitrogens with zero attached hydrogens (tertiary/aromatic N) is 3. The van der Waals surface area contributed by atoms with Crippen molar-refractivity contribution >= 4 is 10.1 Å². The molecule has 20 heavy (non-hydrogen) atoms. The molecule has 0 radical (unpaired) electrons. The van der Waals surface area contributed by atoms with Crippen LogP contribution in [0.5, 0.6) is 0 Å². The van der Waals surface area contributed by atoms with Crippen molar-refractivity contribution in [3.05, 3.63) is 40.3 Å². The highest BCUT2D eigenvalue weighted by atomic mass is 32.2. The van der Waals surface area contributed by atoms with E-state index in [1.807, 2.05) is 13.8 Å². The zero-order valence-electron chi connectivity index (χ0n) is 11.7. The second-order valence-electron chi connectivity index (χ2n) is 4.52. The van der Waals surface area contributed by atoms with Crippen molar-refractivity contribution in [3.8, 4) is 0 Å². The van der Waals surface area contributed by atoms with Crippen LogP contribution in [0.2, 0.25) is 0 Å². The van der Waals surface area contributed by atoms with Crippen LogP contribution in [-0.4, -0.2) is 14.6 Å². The van der Waals surface area contributed by atoms with E-state index in [0.29, 0.717) is 6.42 Å². The summed E-state index contributed by atoms with van der Waals surface area (Å²) >= 11 is 0. The fourth-order valence-electron chi connectivity index (χ4n) is 1.66. The molecule has 0 aliphatic heterocycles. The largest absolute Gasteiger partial charge is 0.297 e. The Labute approximate surface area is 119 Å². The third-order valence-electron chi connectivity index (χ3n) is 2.78. The Kier molecular flexibility index (Phi) is 6.51. The molecule has 0 fully saturated rings. The normalized spacial score (nSPS) is 12.7. The van der Waals surface area contributed by atoms with Gasteiger partial charge < -0.3 is 0 Å². The van der Waals surface area contributed by atoms with Gasteiger partial charge in [-0.15, -0.1) is 0 Å². The van der Waals surface area contributed by atoms with Crippen LogP contribution in [0.4, 0.5) is 0 Å². The van der Waals surface area contributed by atoms with Crippen LogP contribution in [0.1, 0.15) is 38.2 Å². The molecule has 0 saturated carbocycles. The van der Waals surface area contributed by atoms with Gasteiger partial charge in [-0.05, 0) is 31.0 Å². The molecule has 0 aromatic heterocycles. The van der Waals surface area contributed by atoms with Crippen molar-refractivity contribution in [2.75, 3.05) is 0 Å². The Hall–Kier alpha value is -1.56. The molecule has 0 heterocycles. The van der Waals surface area contributed by atoms with Gasteiger partial charge in [0.2, 0.25) is 0 Å². The fourth-order valence-corrected chi connectivity index (χ4v) is 2.67. The Morgan fingerprint density at radius 1 is 1.30 bits per heavy atom. The Morgan fingerprint density at radius 2 is 1.95 bits per heavy atom. The van der Waals surface area contributed by atoms with Crippen LogP contribution in [-0.2, 0) is 14.3 Å². The first-order valence-corrected chi connectivity index (χ1v) is 7.94. The summed E-state index contributed by atoms with van der Waals surface area (Å²) in [5.74, 6) is 0. The maximum Gasteiger partial charge on any atom is 0.297 e. The molecule has 1 rings (SSSR count). The third kappa shape index (κ3) is 5.21. The molecular formula is C13H19N3O3S. The fraction of sp³-hybridized carbons (Fsp3) is 0.538. The molecule has 0 N–H and O–H groups in total. The van der Waals surface area contributed by atoms with Crippen LogP contribution >= 0.6 is 0 Å². The lowest BCUT2D eigenvalue weighted by atomic mass is 10.2. The zero-order chi connectivity index (χ0) is 15.0. The maximum atomic E-state index is 12.1. The van der Waals surface area contributed by atoms with Gasteiger partial charge in [-0.2, -0.15) is 8.42 Å². The summed E-state index contributed by atoms with van der Waals surface area (Å²) in [5.41, 5.74) is 9.44. The SMILES string of the molecule is CCCCCC(N=[N+]=[N-])OS(=O)(=O)c1ccc(C)cc1. The molecule has 0 aliphatic carbocycles. The van der Waals surface area contributed by atoms with Crippen molar-refractivity contribution in [2.45, 2.75) is 50.7 Å². The van der Waals surface area contributed by atoms with Crippen molar-refractivity contribution in [3.63, 3.8) is 0 Å². The molecular weight excluding hydrogens is 278 g/mol. The average molecular weight is 297 g/mol. The Bertz CT molecular complexity index is 563. The van der Waals surface area contributed by atoms with E-state index < -0.39 is 16.3 Å². The quantitative estimate of drug-likeness (QED) is 0.239. The molecule has 1 aromatic carbocycles. The van der Waals surface area contributed by atoms with E-state index in [1.54, 1.807) is 12.1 Å². The first-order chi connectivity index (χ1) is 9.49. The van der Waals surface area contributed by atoms with Gasteiger partial charge in [-0.1, -0.05) is 49.0 Å². The minimum absolute atomic E-state index is 0.0664. The van der Waals surface area contributed by atoms with Gasteiger partial charge >= 0.3 is 0 Å². The second-order valence-corrected chi connectivity index (χ2v) is 6.09. The van der Waals surface area contributed by atoms with E-state index >= 15 is 0 Å². The summed E-state index contributed by atoms with van der Waals surface area (Å²) in [6.45, 7) is 3.90. The highest BCUT2D eigenvalue weighted by Crippen LogP contribution is 2.18. The summed E-state index contributed by atoms with van der Waals surface area (Å²) in [6, 6.07) is 6.33. The number of aryl methyl sites for hydroxylation is 1. The van der Waals surface area contributed by atoms with Crippen molar-refractivity contribution in [2.24, 2.45) is 5.11 Å². The van der Waals surface area contributed by atoms with Gasteiger partial charge in [0.15, 0.2) is 6.23 Å². The standard InChI is InChI=1S/C13H19N3O3S/c1-3-4-5-6-13(15-16-14)19-20(17,18)12-9-7-11(2)8-10-12/h7-10,13H,3-6H2,1-2H3. The summed E-state index contributed by atoms with van der Waals surface area (Å²) in [4.78, 5) is 2.71. The molecule has 0 amide bonds. The molecule has 6 nitrogen and oxygen atoms in total. The van der Waals surface area contributed by atoms with E-state index in [4.69, 9.17) is 9.71 Å². The second kappa shape index (κ2) is 7.89. The van der Waals surface area contributed by atoms with E-state index in [-0.39, 0.29) is 4.90 Å². The van der Waals surface area contributed by atoms with Gasteiger partial charge in [0.1, 0.15) is 0 Å². The van der Waals surface area contributed by atoms with E-state index in [1.165, 1.54) is 12.1 Å². The van der Waals surface area contributed by atoms with Crippen LogP contribution in [0, 0.1) is 6.92 Å². The summed E-state index contributed by atoms with van der Waals surface area (Å²) in [7, 11) is -3.90. The molecule has 0 bridgehead atoms. The van der Waals surface area contributed by atoms with Gasteiger partial charge in [0.05, 0.1) is 4.90 Å². The van der Waals surface area contributed by atoms with E-state index in [2.05, 4.69) is 10.0 Å². The molecule has 0 spiro atoms. The summed E-state index contributed by atoms with van der Waals surface area (Å²) < 4.78 is 29.1. The molecule has 1 unspecified atom stereocenters. The molecule has 1 aromatic rings. The maximum absolute atomic E-state index is 12.1.